The summed E-state index contributed by atoms with van der Waals surface area (Å²) in [5.41, 5.74) is 2.10. The van der Waals surface area contributed by atoms with Crippen molar-refractivity contribution in [1.29, 1.82) is 0 Å². The quantitative estimate of drug-likeness (QED) is 0.390. The lowest BCUT2D eigenvalue weighted by Crippen LogP contribution is -2.31. The van der Waals surface area contributed by atoms with Gasteiger partial charge < -0.3 is 9.30 Å². The fourth-order valence-electron chi connectivity index (χ4n) is 3.41. The first-order valence-electron chi connectivity index (χ1n) is 9.72. The number of ether oxygens (including phenoxy) is 1. The Kier molecular flexibility index (Phi) is 6.25. The second-order valence-electron chi connectivity index (χ2n) is 6.86. The van der Waals surface area contributed by atoms with E-state index in [1.54, 1.807) is 31.4 Å². The molecule has 7 nitrogen and oxygen atoms in total. The second-order valence-corrected chi connectivity index (χ2v) is 7.92. The van der Waals surface area contributed by atoms with Gasteiger partial charge in [0.1, 0.15) is 5.82 Å². The molecule has 0 spiro atoms. The molecule has 2 aromatic carbocycles. The molecule has 8 heteroatoms. The van der Waals surface area contributed by atoms with Gasteiger partial charge in [0.25, 0.3) is 11.8 Å². The molecule has 0 radical (unpaired) electrons. The zero-order valence-corrected chi connectivity index (χ0v) is 17.5. The fraction of sp³-hybridized carbons (Fsp3) is 0.273. The van der Waals surface area contributed by atoms with Gasteiger partial charge in [-0.2, -0.15) is 0 Å². The molecule has 2 heterocycles. The standard InChI is InChI=1S/C22H22N4O3S/c1-29-13-11-25-19(15-16-7-3-2-4-8-16)23-24-22(25)30-14-12-26-20(27)17-9-5-6-10-18(17)21(26)28/h2-10H,11-15H2,1H3. The maximum Gasteiger partial charge on any atom is 0.261 e. The molecule has 1 aromatic heterocycles. The van der Waals surface area contributed by atoms with Gasteiger partial charge in [-0.3, -0.25) is 14.5 Å². The molecule has 0 saturated carbocycles. The molecule has 4 rings (SSSR count). The molecule has 0 N–H and O–H groups in total. The summed E-state index contributed by atoms with van der Waals surface area (Å²) in [4.78, 5) is 26.3. The van der Waals surface area contributed by atoms with Crippen molar-refractivity contribution >= 4 is 23.6 Å². The number of aromatic nitrogens is 3. The maximum atomic E-state index is 12.5. The number of methoxy groups -OCH3 is 1. The van der Waals surface area contributed by atoms with Gasteiger partial charge in [0.15, 0.2) is 5.16 Å². The predicted molar refractivity (Wildman–Crippen MR) is 114 cm³/mol. The summed E-state index contributed by atoms with van der Waals surface area (Å²) in [6.07, 6.45) is 0.677. The summed E-state index contributed by atoms with van der Waals surface area (Å²) in [5.74, 6) is 0.937. The monoisotopic (exact) mass is 422 g/mol. The highest BCUT2D eigenvalue weighted by Crippen LogP contribution is 2.24. The van der Waals surface area contributed by atoms with E-state index in [2.05, 4.69) is 22.3 Å². The number of fused-ring (bicyclic) bond motifs is 1. The number of hydrogen-bond acceptors (Lipinski definition) is 6. The summed E-state index contributed by atoms with van der Waals surface area (Å²) in [6.45, 7) is 1.51. The van der Waals surface area contributed by atoms with Gasteiger partial charge in [-0.25, -0.2) is 0 Å². The third kappa shape index (κ3) is 4.15. The topological polar surface area (TPSA) is 77.3 Å². The summed E-state index contributed by atoms with van der Waals surface area (Å²) in [7, 11) is 1.66. The Bertz CT molecular complexity index is 1020. The van der Waals surface area contributed by atoms with Crippen LogP contribution in [-0.2, 0) is 17.7 Å². The van der Waals surface area contributed by atoms with Crippen molar-refractivity contribution in [3.63, 3.8) is 0 Å². The van der Waals surface area contributed by atoms with Gasteiger partial charge in [0.2, 0.25) is 0 Å². The number of carbonyl (C=O) groups excluding carboxylic acids is 2. The molecule has 0 unspecified atom stereocenters. The van der Waals surface area contributed by atoms with Crippen LogP contribution in [0.25, 0.3) is 0 Å². The highest BCUT2D eigenvalue weighted by molar-refractivity contribution is 7.99. The van der Waals surface area contributed by atoms with Gasteiger partial charge in [-0.15, -0.1) is 10.2 Å². The first-order chi connectivity index (χ1) is 14.7. The number of benzene rings is 2. The van der Waals surface area contributed by atoms with Crippen LogP contribution in [0.3, 0.4) is 0 Å². The van der Waals surface area contributed by atoms with Crippen molar-refractivity contribution in [2.45, 2.75) is 18.1 Å². The van der Waals surface area contributed by atoms with E-state index >= 15 is 0 Å². The van der Waals surface area contributed by atoms with Gasteiger partial charge in [-0.05, 0) is 17.7 Å². The van der Waals surface area contributed by atoms with Gasteiger partial charge in [0, 0.05) is 32.4 Å². The summed E-state index contributed by atoms with van der Waals surface area (Å²) < 4.78 is 7.29. The minimum Gasteiger partial charge on any atom is -0.383 e. The Hall–Kier alpha value is -2.97. The first kappa shape index (κ1) is 20.3. The van der Waals surface area contributed by atoms with E-state index in [0.717, 1.165) is 16.5 Å². The van der Waals surface area contributed by atoms with Crippen molar-refractivity contribution in [3.8, 4) is 0 Å². The molecule has 0 aliphatic carbocycles. The predicted octanol–water partition coefficient (Wildman–Crippen LogP) is 2.90. The van der Waals surface area contributed by atoms with Crippen molar-refractivity contribution in [2.75, 3.05) is 26.0 Å². The molecule has 2 amide bonds. The van der Waals surface area contributed by atoms with E-state index in [1.807, 2.05) is 22.8 Å². The molecule has 0 bridgehead atoms. The summed E-state index contributed by atoms with van der Waals surface area (Å²) in [6, 6.07) is 17.0. The molecule has 0 saturated heterocycles. The fourth-order valence-corrected chi connectivity index (χ4v) is 4.32. The van der Waals surface area contributed by atoms with E-state index in [1.165, 1.54) is 16.7 Å². The Morgan fingerprint density at radius 2 is 1.57 bits per heavy atom. The Morgan fingerprint density at radius 3 is 2.23 bits per heavy atom. The van der Waals surface area contributed by atoms with Crippen molar-refractivity contribution in [1.82, 2.24) is 19.7 Å². The minimum absolute atomic E-state index is 0.234. The molecule has 0 atom stereocenters. The molecule has 30 heavy (non-hydrogen) atoms. The van der Waals surface area contributed by atoms with Crippen LogP contribution in [0.2, 0.25) is 0 Å². The molecular weight excluding hydrogens is 400 g/mol. The maximum absolute atomic E-state index is 12.5. The minimum atomic E-state index is -0.234. The first-order valence-corrected chi connectivity index (χ1v) is 10.7. The Balaban J connectivity index is 1.43. The van der Waals surface area contributed by atoms with Gasteiger partial charge in [0.05, 0.1) is 17.7 Å². The van der Waals surface area contributed by atoms with E-state index in [4.69, 9.17) is 4.74 Å². The molecule has 154 valence electrons. The molecule has 3 aromatic rings. The zero-order valence-electron chi connectivity index (χ0n) is 16.7. The lowest BCUT2D eigenvalue weighted by Gasteiger charge is -2.14. The van der Waals surface area contributed by atoms with Crippen LogP contribution in [0, 0.1) is 0 Å². The number of hydrogen-bond donors (Lipinski definition) is 0. The number of rotatable bonds is 9. The molecule has 0 fully saturated rings. The average Bonchev–Trinajstić information content (AvgIpc) is 3.26. The smallest absolute Gasteiger partial charge is 0.261 e. The SMILES string of the molecule is COCCn1c(Cc2ccccc2)nnc1SCCN1C(=O)c2ccccc2C1=O. The van der Waals surface area contributed by atoms with Crippen LogP contribution in [-0.4, -0.2) is 57.5 Å². The van der Waals surface area contributed by atoms with Crippen LogP contribution >= 0.6 is 11.8 Å². The van der Waals surface area contributed by atoms with Gasteiger partial charge in [-0.1, -0.05) is 54.2 Å². The number of carbonyl (C=O) groups is 2. The molecule has 1 aliphatic heterocycles. The second kappa shape index (κ2) is 9.23. The number of nitrogens with zero attached hydrogens (tertiary/aromatic N) is 4. The Labute approximate surface area is 179 Å². The van der Waals surface area contributed by atoms with Crippen LogP contribution in [0.15, 0.2) is 59.8 Å². The van der Waals surface area contributed by atoms with Crippen LogP contribution in [0.5, 0.6) is 0 Å². The number of thioether (sulfide) groups is 1. The van der Waals surface area contributed by atoms with Crippen LogP contribution in [0.4, 0.5) is 0 Å². The lowest BCUT2D eigenvalue weighted by atomic mass is 10.1. The highest BCUT2D eigenvalue weighted by atomic mass is 32.2. The Morgan fingerprint density at radius 1 is 0.900 bits per heavy atom. The van der Waals surface area contributed by atoms with Crippen LogP contribution in [0.1, 0.15) is 32.1 Å². The third-order valence-electron chi connectivity index (χ3n) is 4.94. The van der Waals surface area contributed by atoms with Crippen LogP contribution < -0.4 is 0 Å². The van der Waals surface area contributed by atoms with Crippen molar-refractivity contribution < 1.29 is 14.3 Å². The number of imide groups is 1. The van der Waals surface area contributed by atoms with E-state index < -0.39 is 0 Å². The largest absolute Gasteiger partial charge is 0.383 e. The van der Waals surface area contributed by atoms with Crippen molar-refractivity contribution in [2.24, 2.45) is 0 Å². The summed E-state index contributed by atoms with van der Waals surface area (Å²) >= 11 is 1.49. The molecular formula is C22H22N4O3S. The number of amides is 2. The van der Waals surface area contributed by atoms with Crippen molar-refractivity contribution in [3.05, 3.63) is 77.1 Å². The summed E-state index contributed by atoms with van der Waals surface area (Å²) in [5, 5.41) is 9.46. The van der Waals surface area contributed by atoms with Gasteiger partial charge >= 0.3 is 0 Å². The average molecular weight is 423 g/mol. The third-order valence-corrected chi connectivity index (χ3v) is 5.89. The lowest BCUT2D eigenvalue weighted by molar-refractivity contribution is 0.0664. The molecule has 1 aliphatic rings. The van der Waals surface area contributed by atoms with E-state index in [9.17, 15) is 9.59 Å². The highest BCUT2D eigenvalue weighted by Gasteiger charge is 2.34. The normalized spacial score (nSPS) is 13.2. The van der Waals surface area contributed by atoms with E-state index in [0.29, 0.717) is 43.0 Å². The van der Waals surface area contributed by atoms with E-state index in [-0.39, 0.29) is 11.8 Å². The zero-order chi connectivity index (χ0) is 20.9.